The quantitative estimate of drug-likeness (QED) is 0.929. The van der Waals surface area contributed by atoms with Gasteiger partial charge in [-0.2, -0.15) is 0 Å². The normalized spacial score (nSPS) is 15.2. The highest BCUT2D eigenvalue weighted by Crippen LogP contribution is 2.30. The van der Waals surface area contributed by atoms with Crippen LogP contribution in [0.2, 0.25) is 0 Å². The number of hydrogen-bond acceptors (Lipinski definition) is 4. The molecule has 0 amide bonds. The maximum Gasteiger partial charge on any atom is 0.354 e. The van der Waals surface area contributed by atoms with Crippen molar-refractivity contribution in [2.24, 2.45) is 0 Å². The van der Waals surface area contributed by atoms with E-state index in [9.17, 15) is 13.6 Å². The molecule has 0 saturated carbocycles. The van der Waals surface area contributed by atoms with Crippen molar-refractivity contribution < 1.29 is 28.2 Å². The van der Waals surface area contributed by atoms with Gasteiger partial charge in [0, 0.05) is 25.0 Å². The summed E-state index contributed by atoms with van der Waals surface area (Å²) in [7, 11) is 0. The fraction of sp³-hybridized carbons (Fsp3) is 0.294. The Morgan fingerprint density at radius 3 is 2.50 bits per heavy atom. The highest BCUT2D eigenvalue weighted by atomic mass is 19.1. The Morgan fingerprint density at radius 1 is 1.21 bits per heavy atom. The van der Waals surface area contributed by atoms with Crippen LogP contribution in [0.4, 0.5) is 8.78 Å². The van der Waals surface area contributed by atoms with Crippen LogP contribution in [0.5, 0.6) is 5.75 Å². The number of carbonyl (C=O) groups is 1. The summed E-state index contributed by atoms with van der Waals surface area (Å²) in [5.41, 5.74) is -0.742. The topological polar surface area (TPSA) is 68.7 Å². The number of benzene rings is 1. The molecule has 0 atom stereocenters. The molecule has 5 nitrogen and oxygen atoms in total. The molecule has 126 valence electrons. The van der Waals surface area contributed by atoms with Gasteiger partial charge >= 0.3 is 5.97 Å². The van der Waals surface area contributed by atoms with Gasteiger partial charge in [-0.15, -0.1) is 0 Å². The lowest BCUT2D eigenvalue weighted by Crippen LogP contribution is -2.26. The van der Waals surface area contributed by atoms with Crippen LogP contribution in [0.1, 0.15) is 23.3 Å². The SMILES string of the molecule is O=C(O)c1cccc(-c2c(F)cc(OC3CCOCC3)cc2F)n1. The van der Waals surface area contributed by atoms with Crippen LogP contribution in [-0.4, -0.2) is 35.4 Å². The molecule has 24 heavy (non-hydrogen) atoms. The van der Waals surface area contributed by atoms with E-state index in [2.05, 4.69) is 4.98 Å². The van der Waals surface area contributed by atoms with Gasteiger partial charge in [0.1, 0.15) is 29.2 Å². The van der Waals surface area contributed by atoms with Crippen molar-refractivity contribution in [3.05, 3.63) is 47.7 Å². The molecule has 1 aliphatic heterocycles. The van der Waals surface area contributed by atoms with E-state index >= 15 is 0 Å². The maximum absolute atomic E-state index is 14.4. The molecule has 7 heteroatoms. The molecule has 0 bridgehead atoms. The Kier molecular flexibility index (Phi) is 4.71. The van der Waals surface area contributed by atoms with Gasteiger partial charge < -0.3 is 14.6 Å². The van der Waals surface area contributed by atoms with Crippen LogP contribution in [0.3, 0.4) is 0 Å². The first-order valence-corrected chi connectivity index (χ1v) is 7.49. The Balaban J connectivity index is 1.89. The van der Waals surface area contributed by atoms with Gasteiger partial charge in [-0.3, -0.25) is 0 Å². The second-order valence-electron chi connectivity index (χ2n) is 5.40. The molecule has 2 aromatic rings. The zero-order chi connectivity index (χ0) is 17.1. The standard InChI is InChI=1S/C17H15F2NO4/c18-12-8-11(24-10-4-6-23-7-5-10)9-13(19)16(12)14-2-1-3-15(20-14)17(21)22/h1-3,8-10H,4-7H2,(H,21,22). The first-order valence-electron chi connectivity index (χ1n) is 7.49. The summed E-state index contributed by atoms with van der Waals surface area (Å²) < 4.78 is 39.5. The molecule has 0 radical (unpaired) electrons. The van der Waals surface area contributed by atoms with E-state index in [4.69, 9.17) is 14.6 Å². The van der Waals surface area contributed by atoms with Gasteiger partial charge in [-0.1, -0.05) is 6.07 Å². The Labute approximate surface area is 136 Å². The number of rotatable bonds is 4. The number of nitrogens with zero attached hydrogens (tertiary/aromatic N) is 1. The van der Waals surface area contributed by atoms with Gasteiger partial charge in [-0.25, -0.2) is 18.6 Å². The Morgan fingerprint density at radius 2 is 1.88 bits per heavy atom. The van der Waals surface area contributed by atoms with Gasteiger partial charge in [0.05, 0.1) is 24.5 Å². The van der Waals surface area contributed by atoms with E-state index in [1.54, 1.807) is 0 Å². The molecule has 0 unspecified atom stereocenters. The van der Waals surface area contributed by atoms with Crippen molar-refractivity contribution in [1.29, 1.82) is 0 Å². The smallest absolute Gasteiger partial charge is 0.354 e. The lowest BCUT2D eigenvalue weighted by atomic mass is 10.1. The van der Waals surface area contributed by atoms with Crippen LogP contribution in [0.15, 0.2) is 30.3 Å². The van der Waals surface area contributed by atoms with Gasteiger partial charge in [0.15, 0.2) is 0 Å². The molecule has 1 aromatic carbocycles. The fourth-order valence-corrected chi connectivity index (χ4v) is 2.54. The monoisotopic (exact) mass is 335 g/mol. The molecule has 1 fully saturated rings. The van der Waals surface area contributed by atoms with Crippen LogP contribution < -0.4 is 4.74 Å². The molecular weight excluding hydrogens is 320 g/mol. The molecule has 1 saturated heterocycles. The molecular formula is C17H15F2NO4. The number of aromatic carboxylic acids is 1. The molecule has 2 heterocycles. The third kappa shape index (κ3) is 3.51. The molecule has 1 aromatic heterocycles. The summed E-state index contributed by atoms with van der Waals surface area (Å²) in [6.45, 7) is 1.11. The first kappa shape index (κ1) is 16.3. The lowest BCUT2D eigenvalue weighted by Gasteiger charge is -2.23. The van der Waals surface area contributed by atoms with Gasteiger partial charge in [0.25, 0.3) is 0 Å². The van der Waals surface area contributed by atoms with Crippen molar-refractivity contribution in [2.75, 3.05) is 13.2 Å². The van der Waals surface area contributed by atoms with Gasteiger partial charge in [-0.05, 0) is 12.1 Å². The largest absolute Gasteiger partial charge is 0.490 e. The zero-order valence-corrected chi connectivity index (χ0v) is 12.7. The van der Waals surface area contributed by atoms with Gasteiger partial charge in [0.2, 0.25) is 0 Å². The van der Waals surface area contributed by atoms with Crippen LogP contribution in [0, 0.1) is 11.6 Å². The Hall–Kier alpha value is -2.54. The van der Waals surface area contributed by atoms with E-state index in [1.807, 2.05) is 0 Å². The van der Waals surface area contributed by atoms with E-state index in [-0.39, 0.29) is 28.8 Å². The van der Waals surface area contributed by atoms with Crippen molar-refractivity contribution in [2.45, 2.75) is 18.9 Å². The van der Waals surface area contributed by atoms with E-state index < -0.39 is 17.6 Å². The summed E-state index contributed by atoms with van der Waals surface area (Å²) in [6.07, 6.45) is 1.18. The molecule has 1 aliphatic rings. The average molecular weight is 335 g/mol. The fourth-order valence-electron chi connectivity index (χ4n) is 2.54. The minimum Gasteiger partial charge on any atom is -0.490 e. The predicted octanol–water partition coefficient (Wildman–Crippen LogP) is 3.28. The summed E-state index contributed by atoms with van der Waals surface area (Å²) in [6, 6.07) is 6.17. The van der Waals surface area contributed by atoms with Crippen molar-refractivity contribution in [1.82, 2.24) is 4.98 Å². The second-order valence-corrected chi connectivity index (χ2v) is 5.40. The van der Waals surface area contributed by atoms with Crippen molar-refractivity contribution in [3.8, 4) is 17.0 Å². The first-order chi connectivity index (χ1) is 11.5. The average Bonchev–Trinajstić information content (AvgIpc) is 2.55. The minimum absolute atomic E-state index is 0.0810. The summed E-state index contributed by atoms with van der Waals surface area (Å²) in [4.78, 5) is 14.7. The zero-order valence-electron chi connectivity index (χ0n) is 12.7. The van der Waals surface area contributed by atoms with E-state index in [1.165, 1.54) is 18.2 Å². The van der Waals surface area contributed by atoms with E-state index in [0.29, 0.717) is 26.1 Å². The maximum atomic E-state index is 14.4. The number of carboxylic acids is 1. The van der Waals surface area contributed by atoms with Crippen molar-refractivity contribution >= 4 is 5.97 Å². The molecule has 3 rings (SSSR count). The van der Waals surface area contributed by atoms with E-state index in [0.717, 1.165) is 12.1 Å². The number of aromatic nitrogens is 1. The number of halogens is 2. The lowest BCUT2D eigenvalue weighted by molar-refractivity contribution is 0.0253. The summed E-state index contributed by atoms with van der Waals surface area (Å²) >= 11 is 0. The van der Waals surface area contributed by atoms with Crippen LogP contribution in [-0.2, 0) is 4.74 Å². The highest BCUT2D eigenvalue weighted by Gasteiger charge is 2.20. The number of carboxylic acid groups (broad SMARTS) is 1. The predicted molar refractivity (Wildman–Crippen MR) is 81.0 cm³/mol. The molecule has 1 N–H and O–H groups in total. The number of hydrogen-bond donors (Lipinski definition) is 1. The Bertz CT molecular complexity index is 737. The third-order valence-corrected chi connectivity index (χ3v) is 3.71. The minimum atomic E-state index is -1.27. The summed E-state index contributed by atoms with van der Waals surface area (Å²) in [5.74, 6) is -2.88. The molecule has 0 spiro atoms. The molecule has 0 aliphatic carbocycles. The van der Waals surface area contributed by atoms with Crippen LogP contribution >= 0.6 is 0 Å². The number of ether oxygens (including phenoxy) is 2. The third-order valence-electron chi connectivity index (χ3n) is 3.71. The van der Waals surface area contributed by atoms with Crippen molar-refractivity contribution in [3.63, 3.8) is 0 Å². The second kappa shape index (κ2) is 6.92. The number of pyridine rings is 1. The summed E-state index contributed by atoms with van der Waals surface area (Å²) in [5, 5.41) is 8.94. The highest BCUT2D eigenvalue weighted by molar-refractivity contribution is 5.86. The van der Waals surface area contributed by atoms with Crippen LogP contribution in [0.25, 0.3) is 11.3 Å².